The van der Waals surface area contributed by atoms with Gasteiger partial charge in [-0.1, -0.05) is 31.2 Å². The number of aryl methyl sites for hydroxylation is 1. The average molecular weight is 289 g/mol. The molecule has 1 fully saturated rings. The fourth-order valence-electron chi connectivity index (χ4n) is 2.77. The lowest BCUT2D eigenvalue weighted by Crippen LogP contribution is -2.40. The summed E-state index contributed by atoms with van der Waals surface area (Å²) in [4.78, 5) is 14.5. The Balaban J connectivity index is 1.99. The van der Waals surface area contributed by atoms with Crippen LogP contribution in [0.2, 0.25) is 0 Å². The van der Waals surface area contributed by atoms with Crippen LogP contribution in [0.4, 0.5) is 0 Å². The Bertz CT molecular complexity index is 473. The molecular weight excluding hydrogens is 262 g/mol. The van der Waals surface area contributed by atoms with Gasteiger partial charge in [0, 0.05) is 6.54 Å². The van der Waals surface area contributed by atoms with E-state index in [1.807, 2.05) is 20.8 Å². The third-order valence-corrected chi connectivity index (χ3v) is 3.86. The van der Waals surface area contributed by atoms with Crippen molar-refractivity contribution in [2.24, 2.45) is 0 Å². The molecule has 0 saturated carbocycles. The molecule has 1 atom stereocenters. The summed E-state index contributed by atoms with van der Waals surface area (Å²) < 4.78 is 5.55. The van der Waals surface area contributed by atoms with Crippen LogP contribution in [0.25, 0.3) is 0 Å². The van der Waals surface area contributed by atoms with Gasteiger partial charge in [-0.25, -0.2) is 0 Å². The Morgan fingerprint density at radius 3 is 2.43 bits per heavy atom. The van der Waals surface area contributed by atoms with E-state index in [1.165, 1.54) is 11.1 Å². The maximum atomic E-state index is 12.3. The number of rotatable bonds is 4. The topological polar surface area (TPSA) is 29.5 Å². The first-order chi connectivity index (χ1) is 9.89. The lowest BCUT2D eigenvalue weighted by molar-refractivity contribution is -0.160. The van der Waals surface area contributed by atoms with Crippen molar-refractivity contribution in [3.63, 3.8) is 0 Å². The van der Waals surface area contributed by atoms with Crippen LogP contribution in [0.3, 0.4) is 0 Å². The average Bonchev–Trinajstić information content (AvgIpc) is 2.86. The highest BCUT2D eigenvalue weighted by Gasteiger charge is 2.33. The quantitative estimate of drug-likeness (QED) is 0.794. The Kier molecular flexibility index (Phi) is 5.04. The van der Waals surface area contributed by atoms with E-state index in [1.54, 1.807) is 0 Å². The summed E-state index contributed by atoms with van der Waals surface area (Å²) in [6.45, 7) is 9.73. The predicted octanol–water partition coefficient (Wildman–Crippen LogP) is 3.56. The van der Waals surface area contributed by atoms with Crippen molar-refractivity contribution in [2.75, 3.05) is 6.54 Å². The normalized spacial score (nSPS) is 19.7. The Labute approximate surface area is 128 Å². The molecule has 0 amide bonds. The van der Waals surface area contributed by atoms with Gasteiger partial charge in [-0.2, -0.15) is 0 Å². The molecule has 1 aliphatic heterocycles. The molecule has 0 spiro atoms. The van der Waals surface area contributed by atoms with Gasteiger partial charge in [-0.05, 0) is 57.7 Å². The van der Waals surface area contributed by atoms with Crippen molar-refractivity contribution < 1.29 is 9.53 Å². The highest BCUT2D eigenvalue weighted by Crippen LogP contribution is 2.23. The second-order valence-electron chi connectivity index (χ2n) is 6.83. The molecule has 116 valence electrons. The molecule has 1 heterocycles. The fraction of sp³-hybridized carbons (Fsp3) is 0.611. The summed E-state index contributed by atoms with van der Waals surface area (Å²) in [6.07, 6.45) is 3.03. The number of benzene rings is 1. The van der Waals surface area contributed by atoms with E-state index in [0.29, 0.717) is 0 Å². The van der Waals surface area contributed by atoms with E-state index >= 15 is 0 Å². The van der Waals surface area contributed by atoms with Crippen LogP contribution in [-0.2, 0) is 22.5 Å². The smallest absolute Gasteiger partial charge is 0.323 e. The first-order valence-corrected chi connectivity index (χ1v) is 7.94. The van der Waals surface area contributed by atoms with Gasteiger partial charge >= 0.3 is 5.97 Å². The molecule has 0 aromatic heterocycles. The summed E-state index contributed by atoms with van der Waals surface area (Å²) in [7, 11) is 0. The standard InChI is InChI=1S/C18H27NO2/c1-5-14-8-10-15(11-9-14)13-19-12-6-7-16(19)17(20)21-18(2,3)4/h8-11,16H,5-7,12-13H2,1-4H3/t16-/m1/s1. The van der Waals surface area contributed by atoms with Crippen LogP contribution < -0.4 is 0 Å². The molecule has 3 nitrogen and oxygen atoms in total. The van der Waals surface area contributed by atoms with Crippen LogP contribution >= 0.6 is 0 Å². The van der Waals surface area contributed by atoms with Gasteiger partial charge in [0.25, 0.3) is 0 Å². The molecule has 1 aromatic carbocycles. The van der Waals surface area contributed by atoms with Crippen LogP contribution in [0, 0.1) is 0 Å². The predicted molar refractivity (Wildman–Crippen MR) is 85.1 cm³/mol. The summed E-state index contributed by atoms with van der Waals surface area (Å²) in [5, 5.41) is 0. The summed E-state index contributed by atoms with van der Waals surface area (Å²) >= 11 is 0. The third-order valence-electron chi connectivity index (χ3n) is 3.86. The molecule has 1 aliphatic rings. The molecule has 3 heteroatoms. The van der Waals surface area contributed by atoms with Gasteiger partial charge in [0.15, 0.2) is 0 Å². The highest BCUT2D eigenvalue weighted by molar-refractivity contribution is 5.76. The molecule has 0 N–H and O–H groups in total. The SMILES string of the molecule is CCc1ccc(CN2CCC[C@@H]2C(=O)OC(C)(C)C)cc1. The molecule has 1 aromatic rings. The van der Waals surface area contributed by atoms with E-state index in [4.69, 9.17) is 4.74 Å². The third kappa shape index (κ3) is 4.57. The zero-order valence-electron chi connectivity index (χ0n) is 13.7. The lowest BCUT2D eigenvalue weighted by atomic mass is 10.1. The van der Waals surface area contributed by atoms with Crippen LogP contribution in [0.15, 0.2) is 24.3 Å². The van der Waals surface area contributed by atoms with E-state index in [-0.39, 0.29) is 12.0 Å². The molecule has 1 saturated heterocycles. The van der Waals surface area contributed by atoms with E-state index < -0.39 is 5.60 Å². The van der Waals surface area contributed by atoms with Crippen molar-refractivity contribution in [3.8, 4) is 0 Å². The molecule has 21 heavy (non-hydrogen) atoms. The minimum absolute atomic E-state index is 0.0785. The first-order valence-electron chi connectivity index (χ1n) is 7.94. The number of ether oxygens (including phenoxy) is 1. The number of carbonyl (C=O) groups is 1. The van der Waals surface area contributed by atoms with E-state index in [2.05, 4.69) is 36.1 Å². The fourth-order valence-corrected chi connectivity index (χ4v) is 2.77. The largest absolute Gasteiger partial charge is 0.459 e. The maximum absolute atomic E-state index is 12.3. The summed E-state index contributed by atoms with van der Waals surface area (Å²) in [5.41, 5.74) is 2.21. The number of carbonyl (C=O) groups excluding carboxylic acids is 1. The number of likely N-dealkylation sites (tertiary alicyclic amines) is 1. The zero-order chi connectivity index (χ0) is 15.5. The van der Waals surface area contributed by atoms with Gasteiger partial charge in [0.2, 0.25) is 0 Å². The van der Waals surface area contributed by atoms with E-state index in [9.17, 15) is 4.79 Å². The second-order valence-corrected chi connectivity index (χ2v) is 6.83. The van der Waals surface area contributed by atoms with E-state index in [0.717, 1.165) is 32.4 Å². The molecule has 0 bridgehead atoms. The molecular formula is C18H27NO2. The Morgan fingerprint density at radius 1 is 1.24 bits per heavy atom. The van der Waals surface area contributed by atoms with Crippen molar-refractivity contribution in [2.45, 2.75) is 65.1 Å². The van der Waals surface area contributed by atoms with Crippen molar-refractivity contribution in [1.29, 1.82) is 0 Å². The van der Waals surface area contributed by atoms with Crippen LogP contribution in [-0.4, -0.2) is 29.1 Å². The number of hydrogen-bond acceptors (Lipinski definition) is 3. The molecule has 0 aliphatic carbocycles. The van der Waals surface area contributed by atoms with Gasteiger partial charge in [-0.3, -0.25) is 9.69 Å². The van der Waals surface area contributed by atoms with Gasteiger partial charge < -0.3 is 4.74 Å². The number of hydrogen-bond donors (Lipinski definition) is 0. The minimum Gasteiger partial charge on any atom is -0.459 e. The van der Waals surface area contributed by atoms with Crippen LogP contribution in [0.5, 0.6) is 0 Å². The summed E-state index contributed by atoms with van der Waals surface area (Å²) in [6, 6.07) is 8.60. The maximum Gasteiger partial charge on any atom is 0.323 e. The number of esters is 1. The minimum atomic E-state index is -0.409. The van der Waals surface area contributed by atoms with Gasteiger partial charge in [0.05, 0.1) is 0 Å². The van der Waals surface area contributed by atoms with Crippen molar-refractivity contribution >= 4 is 5.97 Å². The van der Waals surface area contributed by atoms with Crippen molar-refractivity contribution in [3.05, 3.63) is 35.4 Å². The molecule has 0 radical (unpaired) electrons. The van der Waals surface area contributed by atoms with Crippen molar-refractivity contribution in [1.82, 2.24) is 4.90 Å². The monoisotopic (exact) mass is 289 g/mol. The second kappa shape index (κ2) is 6.61. The Hall–Kier alpha value is -1.35. The zero-order valence-corrected chi connectivity index (χ0v) is 13.7. The highest BCUT2D eigenvalue weighted by atomic mass is 16.6. The van der Waals surface area contributed by atoms with Gasteiger partial charge in [-0.15, -0.1) is 0 Å². The first kappa shape index (κ1) is 16.0. The van der Waals surface area contributed by atoms with Gasteiger partial charge in [0.1, 0.15) is 11.6 Å². The lowest BCUT2D eigenvalue weighted by Gasteiger charge is -2.27. The molecule has 0 unspecified atom stereocenters. The Morgan fingerprint density at radius 2 is 1.86 bits per heavy atom. The summed E-state index contributed by atoms with van der Waals surface area (Å²) in [5.74, 6) is -0.0785. The van der Waals surface area contributed by atoms with Crippen LogP contribution in [0.1, 0.15) is 51.7 Å². The number of nitrogens with zero attached hydrogens (tertiary/aromatic N) is 1. The molecule has 2 rings (SSSR count).